The molecule has 2 aromatic carbocycles. The maximum Gasteiger partial charge on any atom is 0.244 e. The maximum absolute atomic E-state index is 12.4. The Kier molecular flexibility index (Phi) is 5.17. The summed E-state index contributed by atoms with van der Waals surface area (Å²) in [7, 11) is 1.63. The van der Waals surface area contributed by atoms with Crippen LogP contribution < -0.4 is 10.2 Å². The first-order valence-electron chi connectivity index (χ1n) is 7.57. The number of fused-ring (bicyclic) bond motifs is 1. The van der Waals surface area contributed by atoms with Crippen molar-refractivity contribution in [2.24, 2.45) is 0 Å². The van der Waals surface area contributed by atoms with E-state index in [1.54, 1.807) is 12.0 Å². The minimum atomic E-state index is -0.223. The predicted octanol–water partition coefficient (Wildman–Crippen LogP) is 2.91. The highest BCUT2D eigenvalue weighted by molar-refractivity contribution is 8.00. The van der Waals surface area contributed by atoms with E-state index in [1.807, 2.05) is 48.5 Å². The van der Waals surface area contributed by atoms with E-state index in [0.29, 0.717) is 18.0 Å². The lowest BCUT2D eigenvalue weighted by Crippen LogP contribution is -2.41. The molecular formula is C18H18N2O3S. The second kappa shape index (κ2) is 7.51. The zero-order valence-corrected chi connectivity index (χ0v) is 14.1. The second-order valence-electron chi connectivity index (χ2n) is 5.42. The summed E-state index contributed by atoms with van der Waals surface area (Å²) in [6.07, 6.45) is 0. The first-order chi connectivity index (χ1) is 11.7. The summed E-state index contributed by atoms with van der Waals surface area (Å²) in [5, 5.41) is 2.84. The van der Waals surface area contributed by atoms with Crippen LogP contribution in [0.2, 0.25) is 0 Å². The number of carbonyl (C=O) groups excluding carboxylic acids is 2. The topological polar surface area (TPSA) is 58.6 Å². The van der Waals surface area contributed by atoms with Gasteiger partial charge in [0.15, 0.2) is 0 Å². The molecule has 1 aliphatic heterocycles. The summed E-state index contributed by atoms with van der Waals surface area (Å²) in [6, 6.07) is 15.1. The zero-order valence-electron chi connectivity index (χ0n) is 13.3. The molecule has 1 N–H and O–H groups in total. The van der Waals surface area contributed by atoms with Crippen LogP contribution in [-0.4, -0.2) is 31.2 Å². The van der Waals surface area contributed by atoms with Crippen molar-refractivity contribution in [3.63, 3.8) is 0 Å². The first-order valence-corrected chi connectivity index (χ1v) is 8.56. The van der Waals surface area contributed by atoms with Gasteiger partial charge >= 0.3 is 0 Å². The number of hydrogen-bond donors (Lipinski definition) is 1. The maximum atomic E-state index is 12.4. The van der Waals surface area contributed by atoms with Gasteiger partial charge in [-0.1, -0.05) is 24.3 Å². The molecule has 0 atom stereocenters. The molecule has 1 heterocycles. The highest BCUT2D eigenvalue weighted by atomic mass is 32.2. The van der Waals surface area contributed by atoms with Gasteiger partial charge in [-0.05, 0) is 29.8 Å². The lowest BCUT2D eigenvalue weighted by Gasteiger charge is -2.28. The second-order valence-corrected chi connectivity index (χ2v) is 6.44. The number of para-hydroxylation sites is 1. The van der Waals surface area contributed by atoms with Crippen molar-refractivity contribution < 1.29 is 14.3 Å². The van der Waals surface area contributed by atoms with Crippen molar-refractivity contribution >= 4 is 35.0 Å². The minimum absolute atomic E-state index is 0.00487. The van der Waals surface area contributed by atoms with Crippen LogP contribution in [0, 0.1) is 0 Å². The van der Waals surface area contributed by atoms with Gasteiger partial charge < -0.3 is 15.0 Å². The van der Waals surface area contributed by atoms with Gasteiger partial charge in [0.05, 0.1) is 18.0 Å². The van der Waals surface area contributed by atoms with Crippen molar-refractivity contribution in [2.75, 3.05) is 29.6 Å². The molecule has 24 heavy (non-hydrogen) atoms. The third-order valence-corrected chi connectivity index (χ3v) is 4.68. The number of carbonyl (C=O) groups is 2. The number of nitrogens with zero attached hydrogens (tertiary/aromatic N) is 1. The largest absolute Gasteiger partial charge is 0.380 e. The lowest BCUT2D eigenvalue weighted by molar-refractivity contribution is -0.120. The van der Waals surface area contributed by atoms with Crippen LogP contribution in [0.3, 0.4) is 0 Å². The number of nitrogens with one attached hydrogen (secondary N) is 1. The molecular weight excluding hydrogens is 324 g/mol. The molecule has 124 valence electrons. The number of anilines is 2. The monoisotopic (exact) mass is 342 g/mol. The molecule has 0 unspecified atom stereocenters. The van der Waals surface area contributed by atoms with Crippen LogP contribution in [0.5, 0.6) is 0 Å². The molecule has 2 aromatic rings. The third kappa shape index (κ3) is 3.77. The standard InChI is InChI=1S/C18H18N2O3S/c1-23-11-13-5-4-6-14(9-13)19-17(21)10-20-15-7-2-3-8-16(15)24-12-18(20)22/h2-9H,10-12H2,1H3,(H,19,21). The first kappa shape index (κ1) is 16.5. The van der Waals surface area contributed by atoms with E-state index >= 15 is 0 Å². The van der Waals surface area contributed by atoms with E-state index < -0.39 is 0 Å². The molecule has 3 rings (SSSR count). The molecule has 0 saturated carbocycles. The Balaban J connectivity index is 1.71. The van der Waals surface area contributed by atoms with Crippen LogP contribution >= 0.6 is 11.8 Å². The van der Waals surface area contributed by atoms with Gasteiger partial charge in [-0.3, -0.25) is 9.59 Å². The molecule has 0 spiro atoms. The van der Waals surface area contributed by atoms with Crippen LogP contribution in [0.1, 0.15) is 5.56 Å². The number of rotatable bonds is 5. The Bertz CT molecular complexity index is 763. The van der Waals surface area contributed by atoms with Gasteiger partial charge in [-0.15, -0.1) is 11.8 Å². The highest BCUT2D eigenvalue weighted by Gasteiger charge is 2.26. The van der Waals surface area contributed by atoms with Crippen LogP contribution in [0.25, 0.3) is 0 Å². The SMILES string of the molecule is COCc1cccc(NC(=O)CN2C(=O)CSc3ccccc32)c1. The van der Waals surface area contributed by atoms with Crippen molar-refractivity contribution in [1.29, 1.82) is 0 Å². The molecule has 0 fully saturated rings. The summed E-state index contributed by atoms with van der Waals surface area (Å²) >= 11 is 1.50. The van der Waals surface area contributed by atoms with E-state index in [-0.39, 0.29) is 18.4 Å². The molecule has 0 radical (unpaired) electrons. The molecule has 1 aliphatic rings. The molecule has 0 saturated heterocycles. The van der Waals surface area contributed by atoms with Gasteiger partial charge in [0.1, 0.15) is 6.54 Å². The fraction of sp³-hybridized carbons (Fsp3) is 0.222. The Morgan fingerprint density at radius 3 is 2.92 bits per heavy atom. The van der Waals surface area contributed by atoms with Crippen molar-refractivity contribution in [3.8, 4) is 0 Å². The Labute approximate surface area is 145 Å². The normalized spacial score (nSPS) is 13.5. The molecule has 5 nitrogen and oxygen atoms in total. The average molecular weight is 342 g/mol. The van der Waals surface area contributed by atoms with Gasteiger partial charge in [-0.2, -0.15) is 0 Å². The van der Waals surface area contributed by atoms with E-state index in [1.165, 1.54) is 11.8 Å². The zero-order chi connectivity index (χ0) is 16.9. The summed E-state index contributed by atoms with van der Waals surface area (Å²) in [5.74, 6) is 0.0785. The lowest BCUT2D eigenvalue weighted by atomic mass is 10.2. The summed E-state index contributed by atoms with van der Waals surface area (Å²) in [5.41, 5.74) is 2.47. The number of amides is 2. The quantitative estimate of drug-likeness (QED) is 0.908. The molecule has 0 bridgehead atoms. The molecule has 0 aromatic heterocycles. The smallest absolute Gasteiger partial charge is 0.244 e. The number of benzene rings is 2. The Morgan fingerprint density at radius 2 is 2.08 bits per heavy atom. The van der Waals surface area contributed by atoms with Gasteiger partial charge in [0.25, 0.3) is 0 Å². The fourth-order valence-electron chi connectivity index (χ4n) is 2.58. The summed E-state index contributed by atoms with van der Waals surface area (Å²) in [4.78, 5) is 27.1. The number of ether oxygens (including phenoxy) is 1. The minimum Gasteiger partial charge on any atom is -0.380 e. The van der Waals surface area contributed by atoms with Crippen molar-refractivity contribution in [3.05, 3.63) is 54.1 Å². The number of hydrogen-bond acceptors (Lipinski definition) is 4. The Morgan fingerprint density at radius 1 is 1.25 bits per heavy atom. The van der Waals surface area contributed by atoms with E-state index in [2.05, 4.69) is 5.32 Å². The predicted molar refractivity (Wildman–Crippen MR) is 95.3 cm³/mol. The Hall–Kier alpha value is -2.31. The van der Waals surface area contributed by atoms with Crippen molar-refractivity contribution in [1.82, 2.24) is 0 Å². The fourth-order valence-corrected chi connectivity index (χ4v) is 3.51. The van der Waals surface area contributed by atoms with E-state index in [0.717, 1.165) is 16.1 Å². The van der Waals surface area contributed by atoms with E-state index in [4.69, 9.17) is 4.74 Å². The number of methoxy groups -OCH3 is 1. The highest BCUT2D eigenvalue weighted by Crippen LogP contribution is 2.34. The number of thioether (sulfide) groups is 1. The summed E-state index contributed by atoms with van der Waals surface area (Å²) in [6.45, 7) is 0.490. The third-order valence-electron chi connectivity index (χ3n) is 3.63. The van der Waals surface area contributed by atoms with Crippen LogP contribution in [0.4, 0.5) is 11.4 Å². The average Bonchev–Trinajstić information content (AvgIpc) is 2.58. The van der Waals surface area contributed by atoms with Crippen LogP contribution in [-0.2, 0) is 20.9 Å². The molecule has 6 heteroatoms. The van der Waals surface area contributed by atoms with Gasteiger partial charge in [0, 0.05) is 17.7 Å². The molecule has 0 aliphatic carbocycles. The molecule has 2 amide bonds. The van der Waals surface area contributed by atoms with E-state index in [9.17, 15) is 9.59 Å². The van der Waals surface area contributed by atoms with Crippen LogP contribution in [0.15, 0.2) is 53.4 Å². The van der Waals surface area contributed by atoms with Gasteiger partial charge in [-0.25, -0.2) is 0 Å². The summed E-state index contributed by atoms with van der Waals surface area (Å²) < 4.78 is 5.09. The van der Waals surface area contributed by atoms with Gasteiger partial charge in [0.2, 0.25) is 11.8 Å². The van der Waals surface area contributed by atoms with Crippen molar-refractivity contribution in [2.45, 2.75) is 11.5 Å².